The predicted molar refractivity (Wildman–Crippen MR) is 172 cm³/mol. The standard InChI is InChI=1S/C36H46N2O6/c1-26-9-8-10-27(2)36(26)44-24-23-43-31-19-15-29(16-20-31)35(41)32(25-38-21-6-7-22-38)37-34(40)12-5-4-11-33(39)28-13-17-30(42-3)18-14-28/h8-10,13-20,32,35,41H,4-7,11-12,21-25H2,1-3H3,(H,37,40)/t32-,35-/m1/s1. The highest BCUT2D eigenvalue weighted by Gasteiger charge is 2.26. The summed E-state index contributed by atoms with van der Waals surface area (Å²) in [7, 11) is 1.59. The van der Waals surface area contributed by atoms with Crippen LogP contribution in [0.25, 0.3) is 0 Å². The van der Waals surface area contributed by atoms with E-state index in [9.17, 15) is 14.7 Å². The van der Waals surface area contributed by atoms with Crippen molar-refractivity contribution in [3.05, 3.63) is 89.0 Å². The summed E-state index contributed by atoms with van der Waals surface area (Å²) >= 11 is 0. The molecule has 3 aromatic carbocycles. The fourth-order valence-corrected chi connectivity index (χ4v) is 5.56. The Morgan fingerprint density at radius 1 is 0.841 bits per heavy atom. The lowest BCUT2D eigenvalue weighted by Gasteiger charge is -2.29. The largest absolute Gasteiger partial charge is 0.497 e. The minimum absolute atomic E-state index is 0.0525. The summed E-state index contributed by atoms with van der Waals surface area (Å²) in [5.74, 6) is 2.23. The number of ketones is 1. The number of hydrogen-bond donors (Lipinski definition) is 2. The van der Waals surface area contributed by atoms with Gasteiger partial charge in [0.1, 0.15) is 36.6 Å². The van der Waals surface area contributed by atoms with E-state index < -0.39 is 12.1 Å². The van der Waals surface area contributed by atoms with Crippen LogP contribution in [0, 0.1) is 13.8 Å². The zero-order valence-electron chi connectivity index (χ0n) is 26.2. The number of rotatable bonds is 17. The first-order valence-corrected chi connectivity index (χ1v) is 15.6. The van der Waals surface area contributed by atoms with Gasteiger partial charge in [-0.2, -0.15) is 0 Å². The van der Waals surface area contributed by atoms with Crippen molar-refractivity contribution < 1.29 is 28.9 Å². The van der Waals surface area contributed by atoms with Crippen LogP contribution >= 0.6 is 0 Å². The topological polar surface area (TPSA) is 97.3 Å². The number of benzene rings is 3. The number of carbonyl (C=O) groups is 2. The molecule has 0 aromatic heterocycles. The second kappa shape index (κ2) is 16.8. The number of nitrogens with zero attached hydrogens (tertiary/aromatic N) is 1. The molecule has 1 heterocycles. The Kier molecular flexibility index (Phi) is 12.6. The van der Waals surface area contributed by atoms with Crippen molar-refractivity contribution in [2.24, 2.45) is 0 Å². The number of amides is 1. The first-order valence-electron chi connectivity index (χ1n) is 15.6. The molecule has 1 amide bonds. The lowest BCUT2D eigenvalue weighted by molar-refractivity contribution is -0.123. The highest BCUT2D eigenvalue weighted by atomic mass is 16.5. The van der Waals surface area contributed by atoms with Gasteiger partial charge in [0, 0.05) is 24.9 Å². The van der Waals surface area contributed by atoms with E-state index in [1.54, 1.807) is 31.4 Å². The molecule has 1 aliphatic heterocycles. The van der Waals surface area contributed by atoms with Gasteiger partial charge in [-0.05, 0) is 106 Å². The van der Waals surface area contributed by atoms with Gasteiger partial charge < -0.3 is 29.5 Å². The zero-order chi connectivity index (χ0) is 31.3. The van der Waals surface area contributed by atoms with Crippen LogP contribution in [0.1, 0.15) is 71.7 Å². The SMILES string of the molecule is COc1ccc(C(=O)CCCCC(=O)N[C@H](CN2CCCC2)[C@H](O)c2ccc(OCCOc3c(C)cccc3C)cc2)cc1. The Labute approximate surface area is 261 Å². The van der Waals surface area contributed by atoms with Crippen LogP contribution in [0.4, 0.5) is 0 Å². The number of methoxy groups -OCH3 is 1. The van der Waals surface area contributed by atoms with Crippen molar-refractivity contribution in [2.45, 2.75) is 64.5 Å². The van der Waals surface area contributed by atoms with Gasteiger partial charge in [-0.15, -0.1) is 0 Å². The van der Waals surface area contributed by atoms with Crippen molar-refractivity contribution in [2.75, 3.05) is 40.0 Å². The van der Waals surface area contributed by atoms with E-state index in [1.165, 1.54) is 0 Å². The third-order valence-electron chi connectivity index (χ3n) is 8.08. The Bertz CT molecular complexity index is 1320. The third-order valence-corrected chi connectivity index (χ3v) is 8.08. The zero-order valence-corrected chi connectivity index (χ0v) is 26.2. The first kappa shape index (κ1) is 33.0. The Morgan fingerprint density at radius 3 is 2.11 bits per heavy atom. The smallest absolute Gasteiger partial charge is 0.220 e. The molecular weight excluding hydrogens is 556 g/mol. The Hall–Kier alpha value is -3.88. The molecule has 0 saturated carbocycles. The number of carbonyl (C=O) groups excluding carboxylic acids is 2. The summed E-state index contributed by atoms with van der Waals surface area (Å²) in [6, 6.07) is 20.1. The number of nitrogens with one attached hydrogen (secondary N) is 1. The average Bonchev–Trinajstić information content (AvgIpc) is 3.55. The summed E-state index contributed by atoms with van der Waals surface area (Å²) in [5, 5.41) is 14.4. The molecule has 0 unspecified atom stereocenters. The number of Topliss-reactive ketones (excluding diaryl/α,β-unsaturated/α-hetero) is 1. The highest BCUT2D eigenvalue weighted by molar-refractivity contribution is 5.96. The molecule has 1 fully saturated rings. The van der Waals surface area contributed by atoms with Crippen LogP contribution < -0.4 is 19.5 Å². The molecule has 0 bridgehead atoms. The number of likely N-dealkylation sites (tertiary alicyclic amines) is 1. The van der Waals surface area contributed by atoms with E-state index >= 15 is 0 Å². The van der Waals surface area contributed by atoms with E-state index in [-0.39, 0.29) is 11.7 Å². The Morgan fingerprint density at radius 2 is 1.45 bits per heavy atom. The van der Waals surface area contributed by atoms with Gasteiger partial charge in [0.15, 0.2) is 5.78 Å². The fraction of sp³-hybridized carbons (Fsp3) is 0.444. The lowest BCUT2D eigenvalue weighted by atomic mass is 10.0. The molecular formula is C36H46N2O6. The number of hydrogen-bond acceptors (Lipinski definition) is 7. The molecule has 0 spiro atoms. The van der Waals surface area contributed by atoms with Gasteiger partial charge in [0.05, 0.1) is 13.2 Å². The van der Waals surface area contributed by atoms with Gasteiger partial charge in [0.2, 0.25) is 5.91 Å². The normalized spacial score (nSPS) is 14.5. The molecule has 1 saturated heterocycles. The maximum absolute atomic E-state index is 12.9. The minimum atomic E-state index is -0.863. The van der Waals surface area contributed by atoms with Gasteiger partial charge in [-0.1, -0.05) is 30.3 Å². The number of unbranched alkanes of at least 4 members (excludes halogenated alkanes) is 1. The summed E-state index contributed by atoms with van der Waals surface area (Å²) in [4.78, 5) is 27.7. The molecule has 4 rings (SSSR count). The summed E-state index contributed by atoms with van der Waals surface area (Å²) in [5.41, 5.74) is 3.56. The molecule has 8 nitrogen and oxygen atoms in total. The van der Waals surface area contributed by atoms with Crippen LogP contribution in [-0.2, 0) is 4.79 Å². The van der Waals surface area contributed by atoms with Crippen LogP contribution in [0.5, 0.6) is 17.2 Å². The molecule has 236 valence electrons. The number of para-hydroxylation sites is 1. The van der Waals surface area contributed by atoms with Gasteiger partial charge in [-0.3, -0.25) is 9.59 Å². The maximum Gasteiger partial charge on any atom is 0.220 e. The number of ether oxygens (including phenoxy) is 3. The van der Waals surface area contributed by atoms with Gasteiger partial charge in [-0.25, -0.2) is 0 Å². The van der Waals surface area contributed by atoms with Gasteiger partial charge >= 0.3 is 0 Å². The Balaban J connectivity index is 1.25. The molecule has 2 atom stereocenters. The minimum Gasteiger partial charge on any atom is -0.497 e. The summed E-state index contributed by atoms with van der Waals surface area (Å²) < 4.78 is 16.9. The molecule has 8 heteroatoms. The van der Waals surface area contributed by atoms with E-state index in [0.29, 0.717) is 62.5 Å². The van der Waals surface area contributed by atoms with E-state index in [0.717, 1.165) is 48.4 Å². The van der Waals surface area contributed by atoms with Gasteiger partial charge in [0.25, 0.3) is 0 Å². The van der Waals surface area contributed by atoms with Crippen molar-refractivity contribution in [1.29, 1.82) is 0 Å². The first-order chi connectivity index (χ1) is 21.3. The summed E-state index contributed by atoms with van der Waals surface area (Å²) in [6.45, 7) is 7.38. The van der Waals surface area contributed by atoms with Crippen molar-refractivity contribution >= 4 is 11.7 Å². The monoisotopic (exact) mass is 602 g/mol. The second-order valence-corrected chi connectivity index (χ2v) is 11.5. The molecule has 44 heavy (non-hydrogen) atoms. The molecule has 0 radical (unpaired) electrons. The number of aryl methyl sites for hydroxylation is 2. The average molecular weight is 603 g/mol. The van der Waals surface area contributed by atoms with Crippen LogP contribution in [0.2, 0.25) is 0 Å². The lowest BCUT2D eigenvalue weighted by Crippen LogP contribution is -2.46. The fourth-order valence-electron chi connectivity index (χ4n) is 5.56. The van der Waals surface area contributed by atoms with E-state index in [4.69, 9.17) is 14.2 Å². The third kappa shape index (κ3) is 9.82. The van der Waals surface area contributed by atoms with Crippen molar-refractivity contribution in [3.8, 4) is 17.2 Å². The predicted octanol–water partition coefficient (Wildman–Crippen LogP) is 5.83. The van der Waals surface area contributed by atoms with E-state index in [1.807, 2.05) is 56.3 Å². The van der Waals surface area contributed by atoms with Crippen LogP contribution in [0.3, 0.4) is 0 Å². The quantitative estimate of drug-likeness (QED) is 0.148. The number of aliphatic hydroxyl groups excluding tert-OH is 1. The molecule has 3 aromatic rings. The number of aliphatic hydroxyl groups is 1. The van der Waals surface area contributed by atoms with Crippen LogP contribution in [0.15, 0.2) is 66.7 Å². The molecule has 1 aliphatic rings. The van der Waals surface area contributed by atoms with E-state index in [2.05, 4.69) is 10.2 Å². The molecule has 0 aliphatic carbocycles. The maximum atomic E-state index is 12.9. The van der Waals surface area contributed by atoms with Crippen molar-refractivity contribution in [3.63, 3.8) is 0 Å². The van der Waals surface area contributed by atoms with Crippen molar-refractivity contribution in [1.82, 2.24) is 10.2 Å². The summed E-state index contributed by atoms with van der Waals surface area (Å²) in [6.07, 6.45) is 3.28. The highest BCUT2D eigenvalue weighted by Crippen LogP contribution is 2.24. The van der Waals surface area contributed by atoms with Crippen LogP contribution in [-0.4, -0.2) is 67.7 Å². The molecule has 2 N–H and O–H groups in total. The second-order valence-electron chi connectivity index (χ2n) is 11.5.